The fourth-order valence-corrected chi connectivity index (χ4v) is 2.41. The lowest BCUT2D eigenvalue weighted by Gasteiger charge is -2.04. The smallest absolute Gasteiger partial charge is 0.163 e. The van der Waals surface area contributed by atoms with Crippen LogP contribution < -0.4 is 0 Å². The Balaban J connectivity index is 1.82. The molecule has 0 saturated heterocycles. The minimum absolute atomic E-state index is 0.679. The van der Waals surface area contributed by atoms with Gasteiger partial charge in [0.1, 0.15) is 0 Å². The molecule has 3 aromatic heterocycles. The third-order valence-corrected chi connectivity index (χ3v) is 3.68. The zero-order valence-electron chi connectivity index (χ0n) is 12.6. The molecule has 1 aromatic carbocycles. The fourth-order valence-electron chi connectivity index (χ4n) is 2.41. The fraction of sp³-hybridized carbons (Fsp3) is 0.0526. The zero-order valence-corrected chi connectivity index (χ0v) is 12.6. The van der Waals surface area contributed by atoms with Crippen LogP contribution in [-0.2, 0) is 0 Å². The molecule has 4 nitrogen and oxygen atoms in total. The van der Waals surface area contributed by atoms with Crippen molar-refractivity contribution < 1.29 is 0 Å². The van der Waals surface area contributed by atoms with Crippen LogP contribution in [-0.4, -0.2) is 19.9 Å². The van der Waals surface area contributed by atoms with Crippen molar-refractivity contribution in [2.45, 2.75) is 6.92 Å². The summed E-state index contributed by atoms with van der Waals surface area (Å²) in [5, 5.41) is 0.917. The number of hydrogen-bond acceptors (Lipinski definition) is 4. The summed E-state index contributed by atoms with van der Waals surface area (Å²) in [6.07, 6.45) is 3.58. The molecule has 0 aliphatic carbocycles. The quantitative estimate of drug-likeness (QED) is 0.560. The van der Waals surface area contributed by atoms with Gasteiger partial charge in [-0.2, -0.15) is 0 Å². The van der Waals surface area contributed by atoms with Crippen molar-refractivity contribution in [1.29, 1.82) is 0 Å². The Bertz CT molecular complexity index is 963. The summed E-state index contributed by atoms with van der Waals surface area (Å²) < 4.78 is 0. The second kappa shape index (κ2) is 5.57. The molecule has 0 amide bonds. The Hall–Kier alpha value is -3.14. The average molecular weight is 298 g/mol. The van der Waals surface area contributed by atoms with Crippen LogP contribution >= 0.6 is 0 Å². The largest absolute Gasteiger partial charge is 0.255 e. The Kier molecular flexibility index (Phi) is 3.27. The highest BCUT2D eigenvalue weighted by atomic mass is 14.9. The van der Waals surface area contributed by atoms with Crippen molar-refractivity contribution in [2.75, 3.05) is 0 Å². The van der Waals surface area contributed by atoms with Gasteiger partial charge in [0.15, 0.2) is 11.5 Å². The van der Waals surface area contributed by atoms with Gasteiger partial charge in [-0.15, -0.1) is 0 Å². The molecule has 3 heterocycles. The van der Waals surface area contributed by atoms with E-state index in [4.69, 9.17) is 0 Å². The molecule has 0 aliphatic heterocycles. The molecule has 23 heavy (non-hydrogen) atoms. The summed E-state index contributed by atoms with van der Waals surface area (Å²) >= 11 is 0. The Morgan fingerprint density at radius 3 is 2.39 bits per heavy atom. The molecule has 4 aromatic rings. The first-order valence-corrected chi connectivity index (χ1v) is 7.42. The van der Waals surface area contributed by atoms with E-state index in [-0.39, 0.29) is 0 Å². The summed E-state index contributed by atoms with van der Waals surface area (Å²) in [5.74, 6) is 0.683. The minimum Gasteiger partial charge on any atom is -0.255 e. The van der Waals surface area contributed by atoms with Gasteiger partial charge in [0.25, 0.3) is 0 Å². The van der Waals surface area contributed by atoms with E-state index in [9.17, 15) is 0 Å². The second-order valence-corrected chi connectivity index (χ2v) is 5.38. The van der Waals surface area contributed by atoms with Gasteiger partial charge < -0.3 is 0 Å². The van der Waals surface area contributed by atoms with Gasteiger partial charge in [-0.3, -0.25) is 4.98 Å². The van der Waals surface area contributed by atoms with Crippen LogP contribution in [0.4, 0.5) is 0 Å². The molecule has 110 valence electrons. The number of pyridine rings is 2. The van der Waals surface area contributed by atoms with Crippen LogP contribution in [0.25, 0.3) is 33.8 Å². The van der Waals surface area contributed by atoms with Crippen LogP contribution in [0, 0.1) is 6.92 Å². The summed E-state index contributed by atoms with van der Waals surface area (Å²) in [4.78, 5) is 18.0. The van der Waals surface area contributed by atoms with Crippen molar-refractivity contribution >= 4 is 11.0 Å². The highest BCUT2D eigenvalue weighted by molar-refractivity contribution is 5.78. The molecule has 4 heteroatoms. The van der Waals surface area contributed by atoms with Gasteiger partial charge in [-0.25, -0.2) is 15.0 Å². The van der Waals surface area contributed by atoms with Gasteiger partial charge in [0, 0.05) is 23.3 Å². The van der Waals surface area contributed by atoms with Crippen LogP contribution in [0.5, 0.6) is 0 Å². The Labute approximate surface area is 133 Å². The normalized spacial score (nSPS) is 10.8. The monoisotopic (exact) mass is 298 g/mol. The summed E-state index contributed by atoms with van der Waals surface area (Å²) in [7, 11) is 0. The number of hydrogen-bond donors (Lipinski definition) is 0. The van der Waals surface area contributed by atoms with Gasteiger partial charge in [0.2, 0.25) is 0 Å². The Morgan fingerprint density at radius 2 is 1.61 bits per heavy atom. The average Bonchev–Trinajstić information content (AvgIpc) is 2.62. The van der Waals surface area contributed by atoms with E-state index < -0.39 is 0 Å². The van der Waals surface area contributed by atoms with E-state index in [1.165, 1.54) is 5.56 Å². The maximum atomic E-state index is 4.64. The number of rotatable bonds is 2. The third-order valence-electron chi connectivity index (χ3n) is 3.68. The molecule has 0 atom stereocenters. The summed E-state index contributed by atoms with van der Waals surface area (Å²) in [5.41, 5.74) is 4.53. The second-order valence-electron chi connectivity index (χ2n) is 5.38. The summed E-state index contributed by atoms with van der Waals surface area (Å²) in [6.45, 7) is 2.06. The van der Waals surface area contributed by atoms with E-state index in [1.807, 2.05) is 48.7 Å². The van der Waals surface area contributed by atoms with E-state index in [0.717, 1.165) is 22.3 Å². The third kappa shape index (κ3) is 2.66. The standard InChI is InChI=1S/C19H14N4/c1-13-5-7-14(8-6-13)18-21-12-15-9-10-17(22-19(15)23-18)16-4-2-3-11-20-16/h2-12H,1H3. The van der Waals surface area contributed by atoms with Crippen molar-refractivity contribution in [3.05, 3.63) is 72.6 Å². The maximum absolute atomic E-state index is 4.64. The number of fused-ring (bicyclic) bond motifs is 1. The number of aromatic nitrogens is 4. The first-order chi connectivity index (χ1) is 11.3. The van der Waals surface area contributed by atoms with Gasteiger partial charge in [0.05, 0.1) is 11.4 Å². The number of nitrogens with zero attached hydrogens (tertiary/aromatic N) is 4. The molecule has 0 spiro atoms. The first kappa shape index (κ1) is 13.5. The van der Waals surface area contributed by atoms with Crippen molar-refractivity contribution in [1.82, 2.24) is 19.9 Å². The van der Waals surface area contributed by atoms with Crippen LogP contribution in [0.1, 0.15) is 5.56 Å². The minimum atomic E-state index is 0.679. The van der Waals surface area contributed by atoms with E-state index in [1.54, 1.807) is 6.20 Å². The van der Waals surface area contributed by atoms with E-state index >= 15 is 0 Å². The van der Waals surface area contributed by atoms with Crippen LogP contribution in [0.2, 0.25) is 0 Å². The van der Waals surface area contributed by atoms with Gasteiger partial charge in [-0.05, 0) is 31.2 Å². The van der Waals surface area contributed by atoms with Crippen molar-refractivity contribution in [2.24, 2.45) is 0 Å². The van der Waals surface area contributed by atoms with Gasteiger partial charge in [-0.1, -0.05) is 35.9 Å². The van der Waals surface area contributed by atoms with E-state index in [2.05, 4.69) is 39.0 Å². The van der Waals surface area contributed by atoms with Crippen molar-refractivity contribution in [3.63, 3.8) is 0 Å². The lowest BCUT2D eigenvalue weighted by molar-refractivity contribution is 1.18. The number of benzene rings is 1. The molecular weight excluding hydrogens is 284 g/mol. The van der Waals surface area contributed by atoms with Crippen LogP contribution in [0.3, 0.4) is 0 Å². The molecular formula is C19H14N4. The molecule has 0 N–H and O–H groups in total. The SMILES string of the molecule is Cc1ccc(-c2ncc3ccc(-c4ccccn4)nc3n2)cc1. The number of aryl methyl sites for hydroxylation is 1. The molecule has 0 fully saturated rings. The zero-order chi connectivity index (χ0) is 15.6. The lowest BCUT2D eigenvalue weighted by atomic mass is 10.1. The Morgan fingerprint density at radius 1 is 0.739 bits per heavy atom. The maximum Gasteiger partial charge on any atom is 0.163 e. The van der Waals surface area contributed by atoms with Gasteiger partial charge >= 0.3 is 0 Å². The molecule has 0 aliphatic rings. The molecule has 4 rings (SSSR count). The van der Waals surface area contributed by atoms with Crippen molar-refractivity contribution in [3.8, 4) is 22.8 Å². The first-order valence-electron chi connectivity index (χ1n) is 7.42. The molecule has 0 radical (unpaired) electrons. The van der Waals surface area contributed by atoms with Crippen LogP contribution in [0.15, 0.2) is 67.0 Å². The highest BCUT2D eigenvalue weighted by Crippen LogP contribution is 2.21. The predicted octanol–water partition coefficient (Wildman–Crippen LogP) is 4.06. The molecule has 0 saturated carbocycles. The molecule has 0 bridgehead atoms. The lowest BCUT2D eigenvalue weighted by Crippen LogP contribution is -1.94. The topological polar surface area (TPSA) is 51.6 Å². The predicted molar refractivity (Wildman–Crippen MR) is 90.7 cm³/mol. The summed E-state index contributed by atoms with van der Waals surface area (Å²) in [6, 6.07) is 17.9. The molecule has 0 unspecified atom stereocenters. The van der Waals surface area contributed by atoms with E-state index in [0.29, 0.717) is 11.5 Å². The highest BCUT2D eigenvalue weighted by Gasteiger charge is 2.06.